The van der Waals surface area contributed by atoms with Gasteiger partial charge in [0, 0.05) is 25.2 Å². The van der Waals surface area contributed by atoms with Gasteiger partial charge < -0.3 is 5.73 Å². The fourth-order valence-electron chi connectivity index (χ4n) is 2.17. The van der Waals surface area contributed by atoms with E-state index < -0.39 is 26.6 Å². The van der Waals surface area contributed by atoms with Gasteiger partial charge in [0.1, 0.15) is 16.5 Å². The molecule has 2 unspecified atom stereocenters. The van der Waals surface area contributed by atoms with Gasteiger partial charge in [-0.2, -0.15) is 4.31 Å². The van der Waals surface area contributed by atoms with E-state index in [4.69, 9.17) is 5.73 Å². The van der Waals surface area contributed by atoms with Crippen LogP contribution in [0.5, 0.6) is 0 Å². The van der Waals surface area contributed by atoms with E-state index in [1.54, 1.807) is 0 Å². The highest BCUT2D eigenvalue weighted by Gasteiger charge is 2.33. The number of nitrogens with zero attached hydrogens (tertiary/aromatic N) is 1. The Balaban J connectivity index is 2.32. The van der Waals surface area contributed by atoms with Crippen LogP contribution in [0.15, 0.2) is 23.1 Å². The lowest BCUT2D eigenvalue weighted by Crippen LogP contribution is -2.48. The zero-order valence-corrected chi connectivity index (χ0v) is 11.3. The van der Waals surface area contributed by atoms with E-state index in [2.05, 4.69) is 0 Å². The molecule has 4 nitrogen and oxygen atoms in total. The summed E-state index contributed by atoms with van der Waals surface area (Å²) in [7, 11) is -3.93. The van der Waals surface area contributed by atoms with Gasteiger partial charge >= 0.3 is 0 Å². The standard InChI is InChI=1S/C12H16F2N2O2S/c1-8-7-16(5-4-11(8)15)19(17,18)12-3-2-9(13)6-10(12)14/h2-3,6,8,11H,4-5,7,15H2,1H3. The van der Waals surface area contributed by atoms with Crippen LogP contribution in [0.2, 0.25) is 0 Å². The Bertz CT molecular complexity index is 577. The zero-order valence-electron chi connectivity index (χ0n) is 10.5. The van der Waals surface area contributed by atoms with Gasteiger partial charge in [0.15, 0.2) is 0 Å². The topological polar surface area (TPSA) is 63.4 Å². The van der Waals surface area contributed by atoms with E-state index in [9.17, 15) is 17.2 Å². The number of rotatable bonds is 2. The van der Waals surface area contributed by atoms with Gasteiger partial charge in [-0.05, 0) is 24.5 Å². The number of piperidine rings is 1. The molecule has 0 bridgehead atoms. The van der Waals surface area contributed by atoms with Gasteiger partial charge in [-0.25, -0.2) is 17.2 Å². The van der Waals surface area contributed by atoms with Crippen molar-refractivity contribution in [2.45, 2.75) is 24.3 Å². The highest BCUT2D eigenvalue weighted by molar-refractivity contribution is 7.89. The number of hydrogen-bond acceptors (Lipinski definition) is 3. The van der Waals surface area contributed by atoms with Crippen molar-refractivity contribution in [2.24, 2.45) is 11.7 Å². The van der Waals surface area contributed by atoms with Gasteiger partial charge in [0.2, 0.25) is 10.0 Å². The van der Waals surface area contributed by atoms with Gasteiger partial charge in [-0.15, -0.1) is 0 Å². The van der Waals surface area contributed by atoms with Gasteiger partial charge in [0.25, 0.3) is 0 Å². The molecule has 2 atom stereocenters. The third-order valence-electron chi connectivity index (χ3n) is 3.45. The van der Waals surface area contributed by atoms with Crippen LogP contribution in [0, 0.1) is 17.6 Å². The maximum atomic E-state index is 13.6. The summed E-state index contributed by atoms with van der Waals surface area (Å²) in [4.78, 5) is -0.489. The van der Waals surface area contributed by atoms with Crippen LogP contribution in [-0.4, -0.2) is 31.9 Å². The van der Waals surface area contributed by atoms with Gasteiger partial charge in [0.05, 0.1) is 0 Å². The minimum absolute atomic E-state index is 0.00651. The lowest BCUT2D eigenvalue weighted by atomic mass is 9.96. The predicted octanol–water partition coefficient (Wildman–Crippen LogP) is 1.32. The summed E-state index contributed by atoms with van der Waals surface area (Å²) < 4.78 is 52.2. The molecule has 1 aromatic carbocycles. The molecule has 106 valence electrons. The largest absolute Gasteiger partial charge is 0.327 e. The van der Waals surface area contributed by atoms with Crippen LogP contribution in [-0.2, 0) is 10.0 Å². The van der Waals surface area contributed by atoms with Crippen molar-refractivity contribution in [3.05, 3.63) is 29.8 Å². The number of nitrogens with two attached hydrogens (primary N) is 1. The number of sulfonamides is 1. The van der Waals surface area contributed by atoms with E-state index in [0.29, 0.717) is 12.5 Å². The second-order valence-electron chi connectivity index (χ2n) is 4.87. The van der Waals surface area contributed by atoms with E-state index in [1.807, 2.05) is 6.92 Å². The van der Waals surface area contributed by atoms with E-state index >= 15 is 0 Å². The van der Waals surface area contributed by atoms with E-state index in [0.717, 1.165) is 12.1 Å². The van der Waals surface area contributed by atoms with E-state index in [-0.39, 0.29) is 25.0 Å². The minimum Gasteiger partial charge on any atom is -0.327 e. The smallest absolute Gasteiger partial charge is 0.245 e. The third kappa shape index (κ3) is 2.77. The Morgan fingerprint density at radius 3 is 2.63 bits per heavy atom. The van der Waals surface area contributed by atoms with E-state index in [1.165, 1.54) is 4.31 Å². The molecule has 2 rings (SSSR count). The normalized spacial score (nSPS) is 25.5. The third-order valence-corrected chi connectivity index (χ3v) is 5.34. The molecule has 0 amide bonds. The Morgan fingerprint density at radius 2 is 2.05 bits per heavy atom. The highest BCUT2D eigenvalue weighted by atomic mass is 32.2. The van der Waals surface area contributed by atoms with Crippen molar-refractivity contribution in [3.63, 3.8) is 0 Å². The molecule has 0 aromatic heterocycles. The Hall–Kier alpha value is -1.05. The van der Waals surface area contributed by atoms with Crippen molar-refractivity contribution in [1.82, 2.24) is 4.31 Å². The first-order valence-corrected chi connectivity index (χ1v) is 7.47. The first-order valence-electron chi connectivity index (χ1n) is 6.03. The summed E-state index contributed by atoms with van der Waals surface area (Å²) in [5, 5.41) is 0. The van der Waals surface area contributed by atoms with Crippen LogP contribution in [0.25, 0.3) is 0 Å². The molecule has 1 aliphatic heterocycles. The van der Waals surface area contributed by atoms with Gasteiger partial charge in [-0.3, -0.25) is 0 Å². The molecule has 1 aliphatic rings. The molecule has 7 heteroatoms. The van der Waals surface area contributed by atoms with Crippen LogP contribution in [0.4, 0.5) is 8.78 Å². The van der Waals surface area contributed by atoms with Crippen molar-refractivity contribution in [2.75, 3.05) is 13.1 Å². The molecule has 19 heavy (non-hydrogen) atoms. The summed E-state index contributed by atoms with van der Waals surface area (Å²) in [5.74, 6) is -1.86. The van der Waals surface area contributed by atoms with Crippen LogP contribution in [0.3, 0.4) is 0 Å². The molecule has 0 radical (unpaired) electrons. The summed E-state index contributed by atoms with van der Waals surface area (Å²) in [5.41, 5.74) is 5.83. The first kappa shape index (κ1) is 14.4. The molecule has 1 heterocycles. The van der Waals surface area contributed by atoms with Crippen molar-refractivity contribution in [3.8, 4) is 0 Å². The molecule has 1 fully saturated rings. The maximum absolute atomic E-state index is 13.6. The van der Waals surface area contributed by atoms with Crippen LogP contribution >= 0.6 is 0 Å². The average molecular weight is 290 g/mol. The molecule has 0 spiro atoms. The molecule has 2 N–H and O–H groups in total. The molecule has 0 saturated carbocycles. The predicted molar refractivity (Wildman–Crippen MR) is 66.9 cm³/mol. The number of halogens is 2. The number of hydrogen-bond donors (Lipinski definition) is 1. The Kier molecular flexibility index (Phi) is 3.89. The second kappa shape index (κ2) is 5.15. The highest BCUT2D eigenvalue weighted by Crippen LogP contribution is 2.25. The molecule has 1 aromatic rings. The quantitative estimate of drug-likeness (QED) is 0.893. The van der Waals surface area contributed by atoms with Crippen molar-refractivity contribution in [1.29, 1.82) is 0 Å². The fourth-order valence-corrected chi connectivity index (χ4v) is 3.77. The summed E-state index contributed by atoms with van der Waals surface area (Å²) in [6.07, 6.45) is 0.531. The summed E-state index contributed by atoms with van der Waals surface area (Å²) in [6, 6.07) is 2.42. The summed E-state index contributed by atoms with van der Waals surface area (Å²) in [6.45, 7) is 2.36. The molecule has 0 aliphatic carbocycles. The maximum Gasteiger partial charge on any atom is 0.245 e. The molecular formula is C12H16F2N2O2S. The SMILES string of the molecule is CC1CN(S(=O)(=O)c2ccc(F)cc2F)CCC1N. The minimum atomic E-state index is -3.93. The number of benzene rings is 1. The average Bonchev–Trinajstić information content (AvgIpc) is 2.32. The fraction of sp³-hybridized carbons (Fsp3) is 0.500. The van der Waals surface area contributed by atoms with Crippen molar-refractivity contribution >= 4 is 10.0 Å². The first-order chi connectivity index (χ1) is 8.82. The monoisotopic (exact) mass is 290 g/mol. The molecule has 1 saturated heterocycles. The molecular weight excluding hydrogens is 274 g/mol. The lowest BCUT2D eigenvalue weighted by Gasteiger charge is -2.34. The zero-order chi connectivity index (χ0) is 14.2. The van der Waals surface area contributed by atoms with Crippen LogP contribution < -0.4 is 5.73 Å². The lowest BCUT2D eigenvalue weighted by molar-refractivity contribution is 0.249. The second-order valence-corrected chi connectivity index (χ2v) is 6.77. The van der Waals surface area contributed by atoms with Gasteiger partial charge in [-0.1, -0.05) is 6.92 Å². The Labute approximate surface area is 111 Å². The van der Waals surface area contributed by atoms with Crippen molar-refractivity contribution < 1.29 is 17.2 Å². The van der Waals surface area contributed by atoms with Crippen LogP contribution in [0.1, 0.15) is 13.3 Å². The summed E-state index contributed by atoms with van der Waals surface area (Å²) >= 11 is 0. The Morgan fingerprint density at radius 1 is 1.37 bits per heavy atom.